The van der Waals surface area contributed by atoms with E-state index < -0.39 is 0 Å². The zero-order valence-electron chi connectivity index (χ0n) is 11.0. The van der Waals surface area contributed by atoms with E-state index in [1.54, 1.807) is 23.1 Å². The van der Waals surface area contributed by atoms with Crippen LogP contribution in [0.1, 0.15) is 11.1 Å². The Hall–Kier alpha value is -1.63. The van der Waals surface area contributed by atoms with Gasteiger partial charge in [0, 0.05) is 11.1 Å². The fourth-order valence-corrected chi connectivity index (χ4v) is 3.74. The highest BCUT2D eigenvalue weighted by Crippen LogP contribution is 2.31. The van der Waals surface area contributed by atoms with E-state index in [1.807, 2.05) is 5.38 Å². The summed E-state index contributed by atoms with van der Waals surface area (Å²) in [5.74, 6) is 6.77. The first-order chi connectivity index (χ1) is 9.76. The van der Waals surface area contributed by atoms with Gasteiger partial charge in [0.05, 0.1) is 0 Å². The summed E-state index contributed by atoms with van der Waals surface area (Å²) < 4.78 is 0. The van der Waals surface area contributed by atoms with Gasteiger partial charge in [0.2, 0.25) is 5.95 Å². The predicted molar refractivity (Wildman–Crippen MR) is 86.0 cm³/mol. The monoisotopic (exact) mass is 302 g/mol. The maximum Gasteiger partial charge on any atom is 0.239 e. The van der Waals surface area contributed by atoms with E-state index >= 15 is 0 Å². The molecule has 4 nitrogen and oxygen atoms in total. The van der Waals surface area contributed by atoms with Gasteiger partial charge in [-0.25, -0.2) is 15.8 Å². The van der Waals surface area contributed by atoms with Gasteiger partial charge in [0.25, 0.3) is 0 Å². The highest BCUT2D eigenvalue weighted by atomic mass is 32.2. The van der Waals surface area contributed by atoms with Crippen molar-refractivity contribution in [3.63, 3.8) is 0 Å². The Labute approximate surface area is 125 Å². The molecular weight excluding hydrogens is 288 g/mol. The Morgan fingerprint density at radius 1 is 1.30 bits per heavy atom. The number of hydrogen-bond acceptors (Lipinski definition) is 6. The molecule has 0 aliphatic heterocycles. The number of nitrogens with two attached hydrogens (primary N) is 1. The van der Waals surface area contributed by atoms with Gasteiger partial charge in [-0.3, -0.25) is 5.43 Å². The van der Waals surface area contributed by atoms with E-state index in [0.29, 0.717) is 5.95 Å². The first-order valence-corrected chi connectivity index (χ1v) is 8.03. The Morgan fingerprint density at radius 3 is 3.00 bits per heavy atom. The van der Waals surface area contributed by atoms with Crippen LogP contribution < -0.4 is 11.3 Å². The average Bonchev–Trinajstić information content (AvgIpc) is 2.93. The van der Waals surface area contributed by atoms with Crippen LogP contribution >= 0.6 is 23.1 Å². The summed E-state index contributed by atoms with van der Waals surface area (Å²) in [6, 6.07) is 10.6. The molecule has 2 heterocycles. The summed E-state index contributed by atoms with van der Waals surface area (Å²) in [7, 11) is 0. The zero-order valence-corrected chi connectivity index (χ0v) is 12.6. The second kappa shape index (κ2) is 5.78. The van der Waals surface area contributed by atoms with Gasteiger partial charge in [-0.2, -0.15) is 0 Å². The average molecular weight is 302 g/mol. The van der Waals surface area contributed by atoms with Crippen molar-refractivity contribution in [3.05, 3.63) is 46.8 Å². The van der Waals surface area contributed by atoms with Gasteiger partial charge in [0.1, 0.15) is 9.86 Å². The Bertz CT molecular complexity index is 739. The number of nitrogens with one attached hydrogen (secondary N) is 1. The number of thioether (sulfide) groups is 1. The number of anilines is 1. The number of nitrogens with zero attached hydrogens (tertiary/aromatic N) is 2. The third kappa shape index (κ3) is 2.77. The number of hydrazine groups is 1. The van der Waals surface area contributed by atoms with E-state index in [0.717, 1.165) is 21.0 Å². The van der Waals surface area contributed by atoms with Crippen LogP contribution in [0.5, 0.6) is 0 Å². The topological polar surface area (TPSA) is 63.8 Å². The van der Waals surface area contributed by atoms with Crippen LogP contribution in [0, 0.1) is 6.92 Å². The molecule has 0 unspecified atom stereocenters. The molecule has 3 rings (SSSR count). The summed E-state index contributed by atoms with van der Waals surface area (Å²) in [4.78, 5) is 9.75. The number of thiophene rings is 1. The number of aromatic nitrogens is 2. The molecule has 1 aromatic carbocycles. The van der Waals surface area contributed by atoms with E-state index in [4.69, 9.17) is 5.84 Å². The van der Waals surface area contributed by atoms with E-state index in [2.05, 4.69) is 52.6 Å². The molecule has 0 amide bonds. The molecule has 0 aliphatic carbocycles. The highest BCUT2D eigenvalue weighted by Gasteiger charge is 2.09. The minimum absolute atomic E-state index is 0.465. The van der Waals surface area contributed by atoms with Crippen molar-refractivity contribution in [3.8, 4) is 0 Å². The molecule has 0 saturated heterocycles. The van der Waals surface area contributed by atoms with Crippen LogP contribution in [0.3, 0.4) is 0 Å². The molecular formula is C14H14N4S2. The van der Waals surface area contributed by atoms with E-state index in [-0.39, 0.29) is 0 Å². The number of rotatable bonds is 4. The van der Waals surface area contributed by atoms with Crippen molar-refractivity contribution in [2.24, 2.45) is 5.84 Å². The van der Waals surface area contributed by atoms with Crippen LogP contribution in [0.4, 0.5) is 5.95 Å². The lowest BCUT2D eigenvalue weighted by Crippen LogP contribution is -2.10. The fraction of sp³-hybridized carbons (Fsp3) is 0.143. The molecule has 0 aliphatic rings. The Morgan fingerprint density at radius 2 is 2.20 bits per heavy atom. The number of hydrogen-bond donors (Lipinski definition) is 2. The van der Waals surface area contributed by atoms with Crippen molar-refractivity contribution < 1.29 is 0 Å². The number of aryl methyl sites for hydroxylation is 1. The summed E-state index contributed by atoms with van der Waals surface area (Å²) >= 11 is 3.30. The van der Waals surface area contributed by atoms with Gasteiger partial charge >= 0.3 is 0 Å². The standard InChI is InChI=1S/C14H14N4S2/c1-9-3-2-4-10(7-9)8-20-13-11-5-6-19-12(11)16-14(17-13)18-15/h2-7H,8,15H2,1H3,(H,16,17,18). The molecule has 0 fully saturated rings. The summed E-state index contributed by atoms with van der Waals surface area (Å²) in [5.41, 5.74) is 5.09. The van der Waals surface area contributed by atoms with Gasteiger partial charge in [-0.15, -0.1) is 23.1 Å². The number of nitrogen functional groups attached to an aromatic ring is 1. The third-order valence-electron chi connectivity index (χ3n) is 2.88. The second-order valence-corrected chi connectivity index (χ2v) is 6.27. The van der Waals surface area contributed by atoms with Crippen LogP contribution in [0.15, 0.2) is 40.7 Å². The smallest absolute Gasteiger partial charge is 0.239 e. The van der Waals surface area contributed by atoms with Crippen molar-refractivity contribution in [1.82, 2.24) is 9.97 Å². The number of benzene rings is 1. The van der Waals surface area contributed by atoms with Crippen molar-refractivity contribution in [2.45, 2.75) is 17.7 Å². The maximum absolute atomic E-state index is 5.43. The predicted octanol–water partition coefficient (Wildman–Crippen LogP) is 3.58. The van der Waals surface area contributed by atoms with Crippen LogP contribution in [-0.4, -0.2) is 9.97 Å². The Kier molecular flexibility index (Phi) is 3.86. The molecule has 0 bridgehead atoms. The molecule has 6 heteroatoms. The van der Waals surface area contributed by atoms with Crippen molar-refractivity contribution in [2.75, 3.05) is 5.43 Å². The maximum atomic E-state index is 5.43. The summed E-state index contributed by atoms with van der Waals surface area (Å²) in [6.45, 7) is 2.10. The largest absolute Gasteiger partial charge is 0.292 e. The third-order valence-corrected chi connectivity index (χ3v) is 4.75. The fourth-order valence-electron chi connectivity index (χ4n) is 1.96. The summed E-state index contributed by atoms with van der Waals surface area (Å²) in [6.07, 6.45) is 0. The summed E-state index contributed by atoms with van der Waals surface area (Å²) in [5, 5.41) is 4.08. The van der Waals surface area contributed by atoms with Gasteiger partial charge in [0.15, 0.2) is 0 Å². The molecule has 3 aromatic rings. The first kappa shape index (κ1) is 13.4. The van der Waals surface area contributed by atoms with Gasteiger partial charge < -0.3 is 0 Å². The lowest BCUT2D eigenvalue weighted by atomic mass is 10.2. The zero-order chi connectivity index (χ0) is 13.9. The van der Waals surface area contributed by atoms with Crippen molar-refractivity contribution in [1.29, 1.82) is 0 Å². The lowest BCUT2D eigenvalue weighted by molar-refractivity contribution is 1.08. The van der Waals surface area contributed by atoms with Crippen LogP contribution in [0.2, 0.25) is 0 Å². The first-order valence-electron chi connectivity index (χ1n) is 6.16. The second-order valence-electron chi connectivity index (χ2n) is 4.41. The molecule has 0 spiro atoms. The van der Waals surface area contributed by atoms with Crippen LogP contribution in [-0.2, 0) is 5.75 Å². The van der Waals surface area contributed by atoms with E-state index in [9.17, 15) is 0 Å². The van der Waals surface area contributed by atoms with Crippen molar-refractivity contribution >= 4 is 39.3 Å². The molecule has 3 N–H and O–H groups in total. The minimum Gasteiger partial charge on any atom is -0.292 e. The minimum atomic E-state index is 0.465. The molecule has 0 atom stereocenters. The quantitative estimate of drug-likeness (QED) is 0.334. The lowest BCUT2D eigenvalue weighted by Gasteiger charge is -2.06. The molecule has 0 radical (unpaired) electrons. The van der Waals surface area contributed by atoms with E-state index in [1.165, 1.54) is 11.1 Å². The molecule has 2 aromatic heterocycles. The van der Waals surface area contributed by atoms with Gasteiger partial charge in [-0.05, 0) is 23.9 Å². The molecule has 0 saturated carbocycles. The molecule has 20 heavy (non-hydrogen) atoms. The number of fused-ring (bicyclic) bond motifs is 1. The van der Waals surface area contributed by atoms with Crippen LogP contribution in [0.25, 0.3) is 10.2 Å². The van der Waals surface area contributed by atoms with Gasteiger partial charge in [-0.1, -0.05) is 29.8 Å². The normalized spacial score (nSPS) is 10.9. The Balaban J connectivity index is 1.88. The SMILES string of the molecule is Cc1cccc(CSc2nc(NN)nc3sccc23)c1. The highest BCUT2D eigenvalue weighted by molar-refractivity contribution is 7.98. The molecule has 102 valence electrons.